The number of hydrogen-bond acceptors (Lipinski definition) is 3. The Labute approximate surface area is 195 Å². The van der Waals surface area contributed by atoms with Crippen molar-refractivity contribution in [2.75, 3.05) is 44.2 Å². The Balaban J connectivity index is 0.00000256. The number of rotatable bonds is 5. The van der Waals surface area contributed by atoms with Gasteiger partial charge in [-0.15, -0.1) is 24.0 Å². The van der Waals surface area contributed by atoms with Crippen molar-refractivity contribution in [2.24, 2.45) is 4.99 Å². The van der Waals surface area contributed by atoms with Gasteiger partial charge in [-0.3, -0.25) is 4.99 Å². The molecule has 0 spiro atoms. The molecule has 0 unspecified atom stereocenters. The van der Waals surface area contributed by atoms with E-state index in [-0.39, 0.29) is 24.0 Å². The Hall–Kier alpha value is -2.29. The Kier molecular flexibility index (Phi) is 7.95. The highest BCUT2D eigenvalue weighted by Gasteiger charge is 2.20. The second kappa shape index (κ2) is 10.7. The molecule has 0 amide bonds. The van der Waals surface area contributed by atoms with Crippen molar-refractivity contribution in [2.45, 2.75) is 20.3 Å². The molecule has 0 radical (unpaired) electrons. The maximum Gasteiger partial charge on any atom is 0.194 e. The first-order chi connectivity index (χ1) is 14.3. The van der Waals surface area contributed by atoms with Crippen LogP contribution in [0.15, 0.2) is 53.7 Å². The number of para-hydroxylation sites is 1. The van der Waals surface area contributed by atoms with Crippen molar-refractivity contribution in [1.29, 1.82) is 0 Å². The topological polar surface area (TPSA) is 59.6 Å². The van der Waals surface area contributed by atoms with Gasteiger partial charge in [-0.2, -0.15) is 0 Å². The van der Waals surface area contributed by atoms with E-state index in [0.29, 0.717) is 0 Å². The normalized spacial score (nSPS) is 14.7. The number of aromatic nitrogens is 2. The molecule has 0 saturated carbocycles. The lowest BCUT2D eigenvalue weighted by atomic mass is 10.1. The van der Waals surface area contributed by atoms with E-state index in [0.717, 1.165) is 57.5 Å². The lowest BCUT2D eigenvalue weighted by Crippen LogP contribution is -2.52. The van der Waals surface area contributed by atoms with Crippen LogP contribution >= 0.6 is 24.0 Å². The molecule has 1 aliphatic heterocycles. The average Bonchev–Trinajstić information content (AvgIpc) is 3.09. The quantitative estimate of drug-likeness (QED) is 0.307. The lowest BCUT2D eigenvalue weighted by Gasteiger charge is -2.37. The van der Waals surface area contributed by atoms with Crippen LogP contribution in [-0.4, -0.2) is 60.1 Å². The van der Waals surface area contributed by atoms with Crippen molar-refractivity contribution < 1.29 is 0 Å². The number of guanidine groups is 1. The number of aromatic amines is 1. The number of aryl methyl sites for hydroxylation is 1. The molecule has 1 fully saturated rings. The predicted octanol–water partition coefficient (Wildman–Crippen LogP) is 3.82. The van der Waals surface area contributed by atoms with E-state index in [4.69, 9.17) is 4.99 Å². The molecule has 2 N–H and O–H groups in total. The van der Waals surface area contributed by atoms with Crippen LogP contribution in [0.1, 0.15) is 18.2 Å². The highest BCUT2D eigenvalue weighted by atomic mass is 127. The van der Waals surface area contributed by atoms with Gasteiger partial charge in [-0.05, 0) is 44.0 Å². The number of H-pyrrole nitrogens is 1. The van der Waals surface area contributed by atoms with Crippen LogP contribution in [0.5, 0.6) is 0 Å². The van der Waals surface area contributed by atoms with Gasteiger partial charge in [-0.1, -0.05) is 24.3 Å². The Morgan fingerprint density at radius 3 is 2.60 bits per heavy atom. The monoisotopic (exact) mass is 518 g/mol. The van der Waals surface area contributed by atoms with Crippen LogP contribution in [-0.2, 0) is 6.42 Å². The summed E-state index contributed by atoms with van der Waals surface area (Å²) >= 11 is 0. The Morgan fingerprint density at radius 2 is 1.87 bits per heavy atom. The maximum absolute atomic E-state index is 4.94. The number of benzene rings is 1. The van der Waals surface area contributed by atoms with Crippen molar-refractivity contribution in [3.63, 3.8) is 0 Å². The number of aliphatic imine (C=N–C) groups is 1. The first-order valence-corrected chi connectivity index (χ1v) is 10.5. The molecule has 7 heteroatoms. The molecule has 6 nitrogen and oxygen atoms in total. The van der Waals surface area contributed by atoms with E-state index in [2.05, 4.69) is 69.3 Å². The van der Waals surface area contributed by atoms with Crippen molar-refractivity contribution >= 4 is 46.7 Å². The summed E-state index contributed by atoms with van der Waals surface area (Å²) in [4.78, 5) is 17.6. The molecule has 0 atom stereocenters. The third-order valence-electron chi connectivity index (χ3n) is 5.54. The summed E-state index contributed by atoms with van der Waals surface area (Å²) < 4.78 is 0. The van der Waals surface area contributed by atoms with Crippen molar-refractivity contribution in [1.82, 2.24) is 20.2 Å². The molecule has 3 aromatic rings. The van der Waals surface area contributed by atoms with Gasteiger partial charge >= 0.3 is 0 Å². The Bertz CT molecular complexity index is 960. The molecule has 30 heavy (non-hydrogen) atoms. The van der Waals surface area contributed by atoms with Crippen LogP contribution in [0.3, 0.4) is 0 Å². The fourth-order valence-corrected chi connectivity index (χ4v) is 4.04. The van der Waals surface area contributed by atoms with E-state index in [9.17, 15) is 0 Å². The molecule has 1 aromatic carbocycles. The fourth-order valence-electron chi connectivity index (χ4n) is 4.04. The summed E-state index contributed by atoms with van der Waals surface area (Å²) in [5.41, 5.74) is 3.83. The zero-order valence-corrected chi connectivity index (χ0v) is 20.1. The summed E-state index contributed by atoms with van der Waals surface area (Å²) in [6, 6.07) is 14.6. The maximum atomic E-state index is 4.94. The predicted molar refractivity (Wildman–Crippen MR) is 136 cm³/mol. The van der Waals surface area contributed by atoms with Crippen LogP contribution in [0.25, 0.3) is 10.9 Å². The van der Waals surface area contributed by atoms with E-state index < -0.39 is 0 Å². The number of hydrogen-bond donors (Lipinski definition) is 2. The largest absolute Gasteiger partial charge is 0.358 e. The van der Waals surface area contributed by atoms with E-state index in [1.807, 2.05) is 18.3 Å². The van der Waals surface area contributed by atoms with Crippen molar-refractivity contribution in [3.8, 4) is 0 Å². The molecule has 1 saturated heterocycles. The standard InChI is InChI=1S/C23H30N6.HI/c1-3-24-23(29-16-14-28(15-17-29)22-10-6-7-12-25-22)26-13-11-19-18(2)27-21-9-5-4-8-20(19)21;/h4-10,12,27H,3,11,13-17H2,1-2H3,(H,24,26);1H. The second-order valence-corrected chi connectivity index (χ2v) is 7.42. The first kappa shape index (κ1) is 22.4. The molecule has 0 bridgehead atoms. The van der Waals surface area contributed by atoms with Gasteiger partial charge in [0, 0.05) is 62.1 Å². The lowest BCUT2D eigenvalue weighted by molar-refractivity contribution is 0.371. The number of pyridine rings is 1. The molecule has 160 valence electrons. The highest BCUT2D eigenvalue weighted by molar-refractivity contribution is 14.0. The van der Waals surface area contributed by atoms with E-state index in [1.165, 1.54) is 22.2 Å². The summed E-state index contributed by atoms with van der Waals surface area (Å²) in [5.74, 6) is 2.08. The van der Waals surface area contributed by atoms with E-state index >= 15 is 0 Å². The Morgan fingerprint density at radius 1 is 1.10 bits per heavy atom. The zero-order chi connectivity index (χ0) is 20.1. The minimum absolute atomic E-state index is 0. The number of anilines is 1. The zero-order valence-electron chi connectivity index (χ0n) is 17.8. The smallest absolute Gasteiger partial charge is 0.194 e. The minimum atomic E-state index is 0. The summed E-state index contributed by atoms with van der Waals surface area (Å²) in [5, 5.41) is 4.79. The molecule has 0 aliphatic carbocycles. The van der Waals surface area contributed by atoms with Crippen LogP contribution < -0.4 is 10.2 Å². The van der Waals surface area contributed by atoms with Gasteiger partial charge in [0.15, 0.2) is 5.96 Å². The molecular weight excluding hydrogens is 487 g/mol. The number of nitrogens with zero attached hydrogens (tertiary/aromatic N) is 4. The third-order valence-corrected chi connectivity index (χ3v) is 5.54. The van der Waals surface area contributed by atoms with Gasteiger partial charge in [0.25, 0.3) is 0 Å². The SMILES string of the molecule is CCNC(=NCCc1c(C)[nH]c2ccccc12)N1CCN(c2ccccn2)CC1.I. The van der Waals surface area contributed by atoms with E-state index in [1.54, 1.807) is 0 Å². The molecule has 1 aliphatic rings. The van der Waals surface area contributed by atoms with Gasteiger partial charge in [-0.25, -0.2) is 4.98 Å². The highest BCUT2D eigenvalue weighted by Crippen LogP contribution is 2.22. The molecule has 4 rings (SSSR count). The van der Waals surface area contributed by atoms with Gasteiger partial charge in [0.05, 0.1) is 0 Å². The van der Waals surface area contributed by atoms with Crippen LogP contribution in [0, 0.1) is 6.92 Å². The van der Waals surface area contributed by atoms with Crippen LogP contribution in [0.2, 0.25) is 0 Å². The molecule has 3 heterocycles. The number of piperazine rings is 1. The van der Waals surface area contributed by atoms with Gasteiger partial charge in [0.2, 0.25) is 0 Å². The summed E-state index contributed by atoms with van der Waals surface area (Å²) in [7, 11) is 0. The summed E-state index contributed by atoms with van der Waals surface area (Å²) in [6.45, 7) is 9.77. The molecule has 2 aromatic heterocycles. The fraction of sp³-hybridized carbons (Fsp3) is 0.391. The third kappa shape index (κ3) is 5.06. The van der Waals surface area contributed by atoms with Crippen LogP contribution in [0.4, 0.5) is 5.82 Å². The van der Waals surface area contributed by atoms with Gasteiger partial charge < -0.3 is 20.1 Å². The number of fused-ring (bicyclic) bond motifs is 1. The molecular formula is C23H31IN6. The second-order valence-electron chi connectivity index (χ2n) is 7.42. The van der Waals surface area contributed by atoms with Crippen molar-refractivity contribution in [3.05, 3.63) is 59.9 Å². The van der Waals surface area contributed by atoms with Gasteiger partial charge in [0.1, 0.15) is 5.82 Å². The minimum Gasteiger partial charge on any atom is -0.358 e. The first-order valence-electron chi connectivity index (χ1n) is 10.5. The average molecular weight is 518 g/mol. The summed E-state index contributed by atoms with van der Waals surface area (Å²) in [6.07, 6.45) is 2.80. The number of halogens is 1. The number of nitrogens with one attached hydrogen (secondary N) is 2.